The van der Waals surface area contributed by atoms with Gasteiger partial charge in [0.25, 0.3) is 0 Å². The zero-order valence-electron chi connectivity index (χ0n) is 23.0. The van der Waals surface area contributed by atoms with Crippen molar-refractivity contribution >= 4 is 23.6 Å². The molecular formula is C27H38N8O4. The van der Waals surface area contributed by atoms with E-state index in [9.17, 15) is 9.59 Å². The van der Waals surface area contributed by atoms with Gasteiger partial charge in [0, 0.05) is 75.8 Å². The van der Waals surface area contributed by atoms with Crippen LogP contribution in [-0.4, -0.2) is 117 Å². The number of carboxylic acids is 1. The smallest absolute Gasteiger partial charge is 0.376 e. The minimum atomic E-state index is -1.08. The number of piperazine rings is 2. The molecule has 2 aromatic rings. The predicted octanol–water partition coefficient (Wildman–Crippen LogP) is 1.79. The summed E-state index contributed by atoms with van der Waals surface area (Å²) in [5, 5.41) is 8.91. The van der Waals surface area contributed by atoms with Crippen molar-refractivity contribution in [1.29, 1.82) is 0 Å². The zero-order chi connectivity index (χ0) is 27.6. The van der Waals surface area contributed by atoms with Crippen LogP contribution in [0.15, 0.2) is 24.5 Å². The summed E-state index contributed by atoms with van der Waals surface area (Å²) in [5.41, 5.74) is 0.860. The average molecular weight is 539 g/mol. The number of nitrogens with zero attached hydrogens (tertiary/aromatic N) is 8. The summed E-state index contributed by atoms with van der Waals surface area (Å²) in [4.78, 5) is 47.9. The Balaban J connectivity index is 0.000000158. The zero-order valence-corrected chi connectivity index (χ0v) is 23.0. The number of hydrogen-bond donors (Lipinski definition) is 1. The molecule has 0 aromatic carbocycles. The molecule has 39 heavy (non-hydrogen) atoms. The lowest BCUT2D eigenvalue weighted by molar-refractivity contribution is 0.0586. The molecular weight excluding hydrogens is 500 g/mol. The minimum absolute atomic E-state index is 0.126. The molecule has 4 aliphatic rings. The highest BCUT2D eigenvalue weighted by atomic mass is 16.5. The molecule has 12 nitrogen and oxygen atoms in total. The van der Waals surface area contributed by atoms with Crippen molar-refractivity contribution in [2.75, 3.05) is 69.3 Å². The van der Waals surface area contributed by atoms with Crippen LogP contribution in [0.1, 0.15) is 60.8 Å². The Bertz CT molecular complexity index is 1190. The van der Waals surface area contributed by atoms with Crippen LogP contribution in [0.25, 0.3) is 0 Å². The van der Waals surface area contributed by atoms with Crippen LogP contribution in [0.2, 0.25) is 0 Å². The van der Waals surface area contributed by atoms with E-state index in [4.69, 9.17) is 5.11 Å². The first-order valence-corrected chi connectivity index (χ1v) is 13.7. The number of anilines is 2. The maximum absolute atomic E-state index is 11.5. The van der Waals surface area contributed by atoms with Crippen LogP contribution in [-0.2, 0) is 4.74 Å². The summed E-state index contributed by atoms with van der Waals surface area (Å²) in [6.07, 6.45) is 8.34. The molecule has 210 valence electrons. The predicted molar refractivity (Wildman–Crippen MR) is 145 cm³/mol. The van der Waals surface area contributed by atoms with Gasteiger partial charge in [0.1, 0.15) is 11.6 Å². The first-order chi connectivity index (χ1) is 18.7. The second-order valence-corrected chi connectivity index (χ2v) is 11.2. The number of methoxy groups -OCH3 is 1. The summed E-state index contributed by atoms with van der Waals surface area (Å²) in [5.74, 6) is -0.0494. The van der Waals surface area contributed by atoms with Crippen molar-refractivity contribution in [3.63, 3.8) is 0 Å². The fourth-order valence-electron chi connectivity index (χ4n) is 5.29. The van der Waals surface area contributed by atoms with Gasteiger partial charge in [-0.05, 0) is 51.7 Å². The normalized spacial score (nSPS) is 21.9. The molecule has 0 radical (unpaired) electrons. The van der Waals surface area contributed by atoms with Gasteiger partial charge in [-0.3, -0.25) is 9.80 Å². The van der Waals surface area contributed by atoms with E-state index in [2.05, 4.69) is 58.1 Å². The summed E-state index contributed by atoms with van der Waals surface area (Å²) in [7, 11) is 1.34. The maximum Gasteiger partial charge on any atom is 0.376 e. The number of esters is 1. The van der Waals surface area contributed by atoms with Gasteiger partial charge in [-0.2, -0.15) is 0 Å². The van der Waals surface area contributed by atoms with E-state index in [1.54, 1.807) is 12.3 Å². The van der Waals surface area contributed by atoms with E-state index in [1.807, 2.05) is 6.07 Å². The average Bonchev–Trinajstić information content (AvgIpc) is 3.92. The van der Waals surface area contributed by atoms with Gasteiger partial charge in [-0.1, -0.05) is 0 Å². The molecule has 2 aliphatic heterocycles. The van der Waals surface area contributed by atoms with E-state index in [0.29, 0.717) is 16.9 Å². The van der Waals surface area contributed by atoms with Crippen LogP contribution < -0.4 is 9.80 Å². The van der Waals surface area contributed by atoms with Crippen molar-refractivity contribution in [3.05, 3.63) is 36.2 Å². The Labute approximate surface area is 229 Å². The molecule has 0 spiro atoms. The van der Waals surface area contributed by atoms with Gasteiger partial charge in [0.05, 0.1) is 7.11 Å². The fourth-order valence-corrected chi connectivity index (χ4v) is 5.29. The maximum atomic E-state index is 11.5. The van der Waals surface area contributed by atoms with Gasteiger partial charge >= 0.3 is 11.9 Å². The van der Waals surface area contributed by atoms with E-state index < -0.39 is 11.9 Å². The first-order valence-electron chi connectivity index (χ1n) is 13.7. The highest BCUT2D eigenvalue weighted by molar-refractivity contribution is 5.85. The van der Waals surface area contributed by atoms with Crippen molar-refractivity contribution in [2.24, 2.45) is 0 Å². The number of ether oxygens (including phenoxy) is 1. The van der Waals surface area contributed by atoms with E-state index in [0.717, 1.165) is 58.2 Å². The molecule has 4 fully saturated rings. The van der Waals surface area contributed by atoms with Gasteiger partial charge < -0.3 is 19.6 Å². The number of carbonyl (C=O) groups excluding carboxylic acids is 1. The first kappa shape index (κ1) is 27.2. The molecule has 6 rings (SSSR count). The highest BCUT2D eigenvalue weighted by Crippen LogP contribution is 2.42. The largest absolute Gasteiger partial charge is 0.475 e. The highest BCUT2D eigenvalue weighted by Gasteiger charge is 2.44. The number of carboxylic acid groups (broad SMARTS) is 1. The second kappa shape index (κ2) is 11.0. The molecule has 0 atom stereocenters. The van der Waals surface area contributed by atoms with E-state index in [1.165, 1.54) is 39.0 Å². The lowest BCUT2D eigenvalue weighted by atomic mass is 10.2. The van der Waals surface area contributed by atoms with Crippen LogP contribution in [0.3, 0.4) is 0 Å². The number of carbonyl (C=O) groups is 2. The number of hydrogen-bond acceptors (Lipinski definition) is 11. The lowest BCUT2D eigenvalue weighted by Gasteiger charge is -2.38. The van der Waals surface area contributed by atoms with Crippen molar-refractivity contribution in [1.82, 2.24) is 29.7 Å². The molecule has 2 aromatic heterocycles. The van der Waals surface area contributed by atoms with Gasteiger partial charge in [-0.15, -0.1) is 0 Å². The molecule has 2 aliphatic carbocycles. The van der Waals surface area contributed by atoms with Crippen LogP contribution in [0.5, 0.6) is 0 Å². The number of aromatic carboxylic acids is 1. The van der Waals surface area contributed by atoms with Gasteiger partial charge in [-0.25, -0.2) is 29.5 Å². The summed E-state index contributed by atoms with van der Waals surface area (Å²) in [6, 6.07) is 3.63. The quantitative estimate of drug-likeness (QED) is 0.539. The standard InChI is InChI=1S/C14H20N4O2.C13H18N4O2/c1-14(4-5-14)18-9-7-17(8-10-18)11-3-6-15-12(16-11)13(19)20-2;1-13(3-4-13)17-8-6-16(7-9-17)10-2-5-14-11(15-10)12(18)19/h3,6H,4-5,7-10H2,1-2H3;2,5H,3-4,6-9H2,1H3,(H,18,19). The second-order valence-electron chi connectivity index (χ2n) is 11.2. The molecule has 12 heteroatoms. The van der Waals surface area contributed by atoms with Crippen molar-refractivity contribution in [2.45, 2.75) is 50.6 Å². The fraction of sp³-hybridized carbons (Fsp3) is 0.630. The molecule has 2 saturated heterocycles. The molecule has 1 N–H and O–H groups in total. The SMILES string of the molecule is CC1(N2CCN(c3ccnc(C(=O)O)n3)CC2)CC1.COC(=O)c1nccc(N2CCN(C3(C)CC3)CC2)n1. The van der Waals surface area contributed by atoms with Gasteiger partial charge in [0.2, 0.25) is 11.6 Å². The van der Waals surface area contributed by atoms with Crippen LogP contribution in [0, 0.1) is 0 Å². The lowest BCUT2D eigenvalue weighted by Crippen LogP contribution is -2.50. The molecule has 4 heterocycles. The number of aromatic nitrogens is 4. The Kier molecular flexibility index (Phi) is 7.68. The van der Waals surface area contributed by atoms with E-state index in [-0.39, 0.29) is 11.6 Å². The van der Waals surface area contributed by atoms with Crippen LogP contribution in [0.4, 0.5) is 11.6 Å². The third-order valence-corrected chi connectivity index (χ3v) is 8.52. The minimum Gasteiger partial charge on any atom is -0.475 e. The van der Waals surface area contributed by atoms with Crippen LogP contribution >= 0.6 is 0 Å². The van der Waals surface area contributed by atoms with Crippen molar-refractivity contribution < 1.29 is 19.4 Å². The molecule has 0 unspecified atom stereocenters. The van der Waals surface area contributed by atoms with Gasteiger partial charge in [0.15, 0.2) is 0 Å². The van der Waals surface area contributed by atoms with Crippen molar-refractivity contribution in [3.8, 4) is 0 Å². The monoisotopic (exact) mass is 538 g/mol. The molecule has 0 bridgehead atoms. The third kappa shape index (κ3) is 6.27. The third-order valence-electron chi connectivity index (χ3n) is 8.52. The summed E-state index contributed by atoms with van der Waals surface area (Å²) >= 11 is 0. The Morgan fingerprint density at radius 3 is 1.54 bits per heavy atom. The summed E-state index contributed by atoms with van der Waals surface area (Å²) < 4.78 is 4.66. The Morgan fingerprint density at radius 1 is 0.744 bits per heavy atom. The molecule has 0 amide bonds. The Hall–Kier alpha value is -3.38. The Morgan fingerprint density at radius 2 is 1.15 bits per heavy atom. The topological polar surface area (TPSA) is 128 Å². The number of rotatable bonds is 6. The summed E-state index contributed by atoms with van der Waals surface area (Å²) in [6.45, 7) is 12.4. The molecule has 2 saturated carbocycles. The van der Waals surface area contributed by atoms with E-state index >= 15 is 0 Å².